The second-order valence-corrected chi connectivity index (χ2v) is 15.9. The van der Waals surface area contributed by atoms with Crippen LogP contribution in [0.25, 0.3) is 0 Å². The average molecular weight is 861 g/mol. The van der Waals surface area contributed by atoms with Crippen molar-refractivity contribution in [1.29, 1.82) is 0 Å². The zero-order valence-corrected chi connectivity index (χ0v) is 36.8. The van der Waals surface area contributed by atoms with Crippen LogP contribution in [0.1, 0.15) is 63.1 Å². The molecule has 0 radical (unpaired) electrons. The Morgan fingerprint density at radius 1 is 0.609 bits per heavy atom. The third kappa shape index (κ3) is 12.3. The van der Waals surface area contributed by atoms with Crippen molar-refractivity contribution in [1.82, 2.24) is 9.80 Å². The van der Waals surface area contributed by atoms with Crippen molar-refractivity contribution >= 4 is 34.8 Å². The second-order valence-electron chi connectivity index (χ2n) is 15.9. The van der Waals surface area contributed by atoms with E-state index in [1.807, 2.05) is 115 Å². The van der Waals surface area contributed by atoms with E-state index in [1.165, 1.54) is 0 Å². The summed E-state index contributed by atoms with van der Waals surface area (Å²) < 4.78 is 24.8. The van der Waals surface area contributed by atoms with Gasteiger partial charge in [-0.05, 0) is 98.5 Å². The number of nitrogens with one attached hydrogen (secondary N) is 1. The maximum atomic E-state index is 14.1. The molecule has 0 aromatic heterocycles. The van der Waals surface area contributed by atoms with Gasteiger partial charge in [0.25, 0.3) is 5.91 Å². The van der Waals surface area contributed by atoms with Crippen molar-refractivity contribution in [2.24, 2.45) is 0 Å². The standard InChI is InChI=1S/C53H56N4O7/c1-39-26-29-46(50(35-39)61-34-16-6-11-25-51(58)57-32-30-55(2)31-33-57)56(3)42-27-28-45(54-52(59)43-21-12-14-23-47(43)62-37-40-17-7-4-8-18-40)49(36-42)64-53(60)44-22-13-15-24-48(44)63-38-41-19-9-5-10-20-41/h4-5,7-10,12-15,17-24,26-29,35-36H,6,11,16,25,30-34,37-38H2,1-3H3,(H,54,59). The molecule has 0 atom stereocenters. The van der Waals surface area contributed by atoms with E-state index in [2.05, 4.69) is 17.3 Å². The molecule has 11 heteroatoms. The molecular weight excluding hydrogens is 805 g/mol. The van der Waals surface area contributed by atoms with Crippen LogP contribution in [0.15, 0.2) is 146 Å². The number of carbonyl (C=O) groups is 3. The Balaban J connectivity index is 1.09. The topological polar surface area (TPSA) is 110 Å². The maximum absolute atomic E-state index is 14.1. The van der Waals surface area contributed by atoms with Gasteiger partial charge >= 0.3 is 5.97 Å². The highest BCUT2D eigenvalue weighted by molar-refractivity contribution is 6.07. The van der Waals surface area contributed by atoms with Crippen molar-refractivity contribution in [2.75, 3.05) is 57.1 Å². The van der Waals surface area contributed by atoms with E-state index < -0.39 is 11.9 Å². The lowest BCUT2D eigenvalue weighted by molar-refractivity contribution is -0.132. The Morgan fingerprint density at radius 3 is 1.89 bits per heavy atom. The number of benzene rings is 6. The lowest BCUT2D eigenvalue weighted by atomic mass is 10.1. The Bertz CT molecular complexity index is 2490. The number of piperazine rings is 1. The van der Waals surface area contributed by atoms with Crippen molar-refractivity contribution in [3.8, 4) is 23.0 Å². The first kappa shape index (κ1) is 44.9. The van der Waals surface area contributed by atoms with Crippen molar-refractivity contribution in [3.05, 3.63) is 173 Å². The van der Waals surface area contributed by atoms with E-state index in [0.29, 0.717) is 41.5 Å². The van der Waals surface area contributed by atoms with Crippen LogP contribution in [-0.4, -0.2) is 74.5 Å². The van der Waals surface area contributed by atoms with Gasteiger partial charge in [0.05, 0.1) is 23.5 Å². The van der Waals surface area contributed by atoms with Gasteiger partial charge in [0.2, 0.25) is 5.91 Å². The molecule has 0 aliphatic carbocycles. The van der Waals surface area contributed by atoms with E-state index in [9.17, 15) is 14.4 Å². The van der Waals surface area contributed by atoms with Gasteiger partial charge in [-0.15, -0.1) is 0 Å². The van der Waals surface area contributed by atoms with E-state index in [0.717, 1.165) is 67.8 Å². The molecule has 7 rings (SSSR count). The monoisotopic (exact) mass is 860 g/mol. The zero-order valence-electron chi connectivity index (χ0n) is 36.8. The molecule has 0 unspecified atom stereocenters. The molecule has 1 fully saturated rings. The van der Waals surface area contributed by atoms with Gasteiger partial charge < -0.3 is 39.0 Å². The van der Waals surface area contributed by atoms with Crippen LogP contribution >= 0.6 is 0 Å². The fourth-order valence-corrected chi connectivity index (χ4v) is 7.37. The van der Waals surface area contributed by atoms with E-state index in [1.54, 1.807) is 54.6 Å². The largest absolute Gasteiger partial charge is 0.491 e. The number of anilines is 3. The van der Waals surface area contributed by atoms with Crippen molar-refractivity contribution in [3.63, 3.8) is 0 Å². The molecule has 6 aromatic carbocycles. The second kappa shape index (κ2) is 22.3. The average Bonchev–Trinajstić information content (AvgIpc) is 3.32. The molecule has 1 N–H and O–H groups in total. The smallest absolute Gasteiger partial charge is 0.347 e. The molecule has 1 aliphatic heterocycles. The molecule has 1 saturated heterocycles. The van der Waals surface area contributed by atoms with Crippen LogP contribution in [0.3, 0.4) is 0 Å². The highest BCUT2D eigenvalue weighted by atomic mass is 16.5. The van der Waals surface area contributed by atoms with Crippen LogP contribution in [-0.2, 0) is 18.0 Å². The molecule has 0 spiro atoms. The normalized spacial score (nSPS) is 12.6. The zero-order chi connectivity index (χ0) is 44.7. The molecule has 11 nitrogen and oxygen atoms in total. The lowest BCUT2D eigenvalue weighted by Crippen LogP contribution is -2.47. The highest BCUT2D eigenvalue weighted by Gasteiger charge is 2.22. The number of esters is 1. The quantitative estimate of drug-likeness (QED) is 0.0484. The summed E-state index contributed by atoms with van der Waals surface area (Å²) >= 11 is 0. The van der Waals surface area contributed by atoms with E-state index in [4.69, 9.17) is 18.9 Å². The third-order valence-electron chi connectivity index (χ3n) is 11.1. The Hall–Kier alpha value is -7.11. The van der Waals surface area contributed by atoms with Gasteiger partial charge in [0.1, 0.15) is 36.0 Å². The number of carbonyl (C=O) groups excluding carboxylic acids is 3. The van der Waals surface area contributed by atoms with Crippen LogP contribution in [0.2, 0.25) is 0 Å². The summed E-state index contributed by atoms with van der Waals surface area (Å²) in [6.45, 7) is 6.47. The SMILES string of the molecule is Cc1ccc(N(C)c2ccc(NC(=O)c3ccccc3OCc3ccccc3)c(OC(=O)c3ccccc3OCc3ccccc3)c2)c(OCCCCCC(=O)N2CCN(C)CC2)c1. The Kier molecular flexibility index (Phi) is 15.7. The number of para-hydroxylation sites is 2. The predicted octanol–water partition coefficient (Wildman–Crippen LogP) is 10.1. The molecule has 6 aromatic rings. The number of unbranched alkanes of at least 4 members (excludes halogenated alkanes) is 2. The number of likely N-dealkylation sites (N-methyl/N-ethyl adjacent to an activating group) is 1. The Morgan fingerprint density at radius 2 is 1.22 bits per heavy atom. The molecule has 0 saturated carbocycles. The first-order valence-electron chi connectivity index (χ1n) is 21.8. The summed E-state index contributed by atoms with van der Waals surface area (Å²) in [7, 11) is 4.00. The maximum Gasteiger partial charge on any atom is 0.347 e. The number of aryl methyl sites for hydroxylation is 1. The van der Waals surface area contributed by atoms with Crippen LogP contribution < -0.4 is 29.2 Å². The number of rotatable bonds is 19. The summed E-state index contributed by atoms with van der Waals surface area (Å²) in [4.78, 5) is 47.0. The van der Waals surface area contributed by atoms with E-state index in [-0.39, 0.29) is 36.1 Å². The number of amides is 2. The minimum atomic E-state index is -0.657. The van der Waals surface area contributed by atoms with Crippen LogP contribution in [0.5, 0.6) is 23.0 Å². The fraction of sp³-hybridized carbons (Fsp3) is 0.264. The number of hydrogen-bond acceptors (Lipinski definition) is 9. The van der Waals surface area contributed by atoms with Crippen molar-refractivity contribution < 1.29 is 33.3 Å². The first-order valence-corrected chi connectivity index (χ1v) is 21.8. The molecule has 0 bridgehead atoms. The van der Waals surface area contributed by atoms with Crippen molar-refractivity contribution in [2.45, 2.75) is 45.8 Å². The van der Waals surface area contributed by atoms with Crippen LogP contribution in [0, 0.1) is 6.92 Å². The summed E-state index contributed by atoms with van der Waals surface area (Å²) in [5.74, 6) is 0.733. The summed E-state index contributed by atoms with van der Waals surface area (Å²) in [5.41, 5.74) is 5.26. The summed E-state index contributed by atoms with van der Waals surface area (Å²) in [5, 5.41) is 2.98. The molecule has 1 aliphatic rings. The fourth-order valence-electron chi connectivity index (χ4n) is 7.37. The lowest BCUT2D eigenvalue weighted by Gasteiger charge is -2.32. The van der Waals surface area contributed by atoms with E-state index >= 15 is 0 Å². The molecule has 330 valence electrons. The Labute approximate surface area is 376 Å². The third-order valence-corrected chi connectivity index (χ3v) is 11.1. The predicted molar refractivity (Wildman–Crippen MR) is 251 cm³/mol. The molecule has 1 heterocycles. The first-order chi connectivity index (χ1) is 31.2. The molecule has 2 amide bonds. The summed E-state index contributed by atoms with van der Waals surface area (Å²) in [6, 6.07) is 44.7. The minimum Gasteiger partial charge on any atom is -0.491 e. The summed E-state index contributed by atoms with van der Waals surface area (Å²) in [6.07, 6.45) is 3.04. The van der Waals surface area contributed by atoms with Gasteiger partial charge in [-0.1, -0.05) is 91.0 Å². The number of hydrogen-bond donors (Lipinski definition) is 1. The van der Waals surface area contributed by atoms with Gasteiger partial charge in [0.15, 0.2) is 5.75 Å². The number of nitrogens with zero attached hydrogens (tertiary/aromatic N) is 3. The minimum absolute atomic E-state index is 0.129. The van der Waals surface area contributed by atoms with Gasteiger partial charge in [0, 0.05) is 51.4 Å². The number of ether oxygens (including phenoxy) is 4. The van der Waals surface area contributed by atoms with Gasteiger partial charge in [-0.2, -0.15) is 0 Å². The van der Waals surface area contributed by atoms with Gasteiger partial charge in [-0.3, -0.25) is 9.59 Å². The molecular formula is C53H56N4O7. The van der Waals surface area contributed by atoms with Gasteiger partial charge in [-0.25, -0.2) is 4.79 Å². The molecule has 64 heavy (non-hydrogen) atoms. The van der Waals surface area contributed by atoms with Crippen LogP contribution in [0.4, 0.5) is 17.1 Å². The highest BCUT2D eigenvalue weighted by Crippen LogP contribution is 2.38.